The third-order valence-electron chi connectivity index (χ3n) is 8.07. The standard InChI is InChI=1S/C34H44Cl2N4O7S/c1-33(2,3)46-31(43)38-17-22-14-23(26-15-37-27(48-26)19-45-13-12-41)28(25(18-38)40(22)32(44)47-34(4,5)6)30(42)39(21-10-11-21)16-20-8-7-9-24(35)29(20)36/h7-9,15,21-22,25,41H,10-14,16-19H2,1-6H3. The van der Waals surface area contributed by atoms with Crippen molar-refractivity contribution in [3.63, 3.8) is 0 Å². The second-order valence-corrected chi connectivity index (χ2v) is 16.2. The number of ether oxygens (including phenoxy) is 3. The second-order valence-electron chi connectivity index (χ2n) is 14.3. The number of nitrogens with zero attached hydrogens (tertiary/aromatic N) is 4. The fourth-order valence-electron chi connectivity index (χ4n) is 5.98. The van der Waals surface area contributed by atoms with Gasteiger partial charge in [-0.15, -0.1) is 11.3 Å². The molecule has 14 heteroatoms. The van der Waals surface area contributed by atoms with Crippen LogP contribution in [0.3, 0.4) is 0 Å². The Balaban J connectivity index is 1.62. The molecule has 262 valence electrons. The molecule has 5 rings (SSSR count). The molecule has 0 radical (unpaired) electrons. The maximum absolute atomic E-state index is 15.1. The fourth-order valence-corrected chi connectivity index (χ4v) is 7.29. The number of aliphatic hydroxyl groups excluding tert-OH is 1. The van der Waals surface area contributed by atoms with Crippen molar-refractivity contribution in [1.82, 2.24) is 19.7 Å². The smallest absolute Gasteiger partial charge is 0.411 e. The molecule has 11 nitrogen and oxygen atoms in total. The van der Waals surface area contributed by atoms with Crippen molar-refractivity contribution >= 4 is 58.2 Å². The summed E-state index contributed by atoms with van der Waals surface area (Å²) in [4.78, 5) is 52.8. The predicted molar refractivity (Wildman–Crippen MR) is 184 cm³/mol. The average molecular weight is 724 g/mol. The van der Waals surface area contributed by atoms with Crippen LogP contribution in [0.4, 0.5) is 9.59 Å². The topological polar surface area (TPSA) is 122 Å². The van der Waals surface area contributed by atoms with Crippen LogP contribution in [0, 0.1) is 0 Å². The Morgan fingerprint density at radius 3 is 2.38 bits per heavy atom. The molecule has 3 amide bonds. The number of benzene rings is 1. The van der Waals surface area contributed by atoms with Crippen molar-refractivity contribution < 1.29 is 33.7 Å². The minimum Gasteiger partial charge on any atom is -0.444 e. The Bertz CT molecular complexity index is 1560. The Morgan fingerprint density at radius 1 is 1.04 bits per heavy atom. The number of fused-ring (bicyclic) bond motifs is 2. The Hall–Kier alpha value is -2.90. The van der Waals surface area contributed by atoms with Crippen molar-refractivity contribution in [2.45, 2.75) is 103 Å². The molecule has 1 aromatic heterocycles. The second kappa shape index (κ2) is 14.5. The zero-order valence-corrected chi connectivity index (χ0v) is 30.6. The van der Waals surface area contributed by atoms with Gasteiger partial charge in [0.15, 0.2) is 0 Å². The molecule has 1 aromatic carbocycles. The summed E-state index contributed by atoms with van der Waals surface area (Å²) in [6.07, 6.45) is 2.60. The highest BCUT2D eigenvalue weighted by atomic mass is 35.5. The Kier molecular flexibility index (Phi) is 11.0. The number of aromatic nitrogens is 1. The first kappa shape index (κ1) is 36.4. The van der Waals surface area contributed by atoms with Crippen LogP contribution in [0.15, 0.2) is 30.0 Å². The molecule has 2 aromatic rings. The molecule has 3 aliphatic rings. The van der Waals surface area contributed by atoms with Crippen molar-refractivity contribution in [1.29, 1.82) is 0 Å². The molecule has 2 fully saturated rings. The number of hydrogen-bond donors (Lipinski definition) is 1. The minimum atomic E-state index is -0.824. The molecule has 48 heavy (non-hydrogen) atoms. The first-order valence-electron chi connectivity index (χ1n) is 16.2. The van der Waals surface area contributed by atoms with Gasteiger partial charge in [0.2, 0.25) is 0 Å². The lowest BCUT2D eigenvalue weighted by molar-refractivity contribution is -0.129. The zero-order chi connectivity index (χ0) is 35.0. The van der Waals surface area contributed by atoms with Crippen LogP contribution in [0.5, 0.6) is 0 Å². The molecule has 2 unspecified atom stereocenters. The van der Waals surface area contributed by atoms with Gasteiger partial charge in [-0.3, -0.25) is 9.69 Å². The SMILES string of the molecule is CC(C)(C)OC(=O)N1CC2CC(c3cnc(COCCO)s3)=C(C(=O)N(Cc3cccc(Cl)c3Cl)C3CC3)C(C1)N2C(=O)OC(C)(C)C. The van der Waals surface area contributed by atoms with E-state index >= 15 is 4.79 Å². The molecular formula is C34H44Cl2N4O7S. The van der Waals surface area contributed by atoms with E-state index in [1.165, 1.54) is 11.3 Å². The third-order valence-corrected chi connectivity index (χ3v) is 9.96. The quantitative estimate of drug-likeness (QED) is 0.290. The number of thiazole rings is 1. The van der Waals surface area contributed by atoms with Crippen LogP contribution < -0.4 is 0 Å². The lowest BCUT2D eigenvalue weighted by Gasteiger charge is -2.51. The lowest BCUT2D eigenvalue weighted by atomic mass is 9.83. The van der Waals surface area contributed by atoms with Crippen LogP contribution >= 0.6 is 34.5 Å². The molecule has 3 heterocycles. The fraction of sp³-hybridized carbons (Fsp3) is 0.588. The van der Waals surface area contributed by atoms with E-state index in [-0.39, 0.29) is 57.8 Å². The maximum Gasteiger partial charge on any atom is 0.411 e. The number of carbonyl (C=O) groups excluding carboxylic acids is 3. The highest BCUT2D eigenvalue weighted by Gasteiger charge is 2.51. The van der Waals surface area contributed by atoms with Gasteiger partial charge in [0.1, 0.15) is 16.2 Å². The summed E-state index contributed by atoms with van der Waals surface area (Å²) in [5.41, 5.74) is 0.373. The largest absolute Gasteiger partial charge is 0.444 e. The predicted octanol–water partition coefficient (Wildman–Crippen LogP) is 6.53. The Morgan fingerprint density at radius 2 is 1.73 bits per heavy atom. The summed E-state index contributed by atoms with van der Waals surface area (Å²) >= 11 is 14.4. The number of piperazine rings is 1. The van der Waals surface area contributed by atoms with Crippen molar-refractivity contribution in [2.24, 2.45) is 0 Å². The van der Waals surface area contributed by atoms with E-state index in [1.54, 1.807) is 74.6 Å². The molecule has 2 aliphatic heterocycles. The number of hydrogen-bond acceptors (Lipinski definition) is 9. The number of rotatable bonds is 9. The summed E-state index contributed by atoms with van der Waals surface area (Å²) < 4.78 is 17.2. The van der Waals surface area contributed by atoms with Gasteiger partial charge < -0.3 is 29.1 Å². The van der Waals surface area contributed by atoms with E-state index < -0.39 is 35.5 Å². The average Bonchev–Trinajstić information content (AvgIpc) is 3.72. The molecule has 2 bridgehead atoms. The van der Waals surface area contributed by atoms with E-state index in [9.17, 15) is 9.59 Å². The summed E-state index contributed by atoms with van der Waals surface area (Å²) in [5.74, 6) is -0.252. The van der Waals surface area contributed by atoms with Crippen LogP contribution in [0.1, 0.15) is 76.3 Å². The van der Waals surface area contributed by atoms with E-state index in [2.05, 4.69) is 4.98 Å². The molecule has 1 aliphatic carbocycles. The van der Waals surface area contributed by atoms with E-state index in [4.69, 9.17) is 42.5 Å². The highest BCUT2D eigenvalue weighted by Crippen LogP contribution is 2.43. The van der Waals surface area contributed by atoms with Crippen molar-refractivity contribution in [2.75, 3.05) is 26.3 Å². The normalized spacial score (nSPS) is 19.8. The molecule has 1 saturated carbocycles. The highest BCUT2D eigenvalue weighted by molar-refractivity contribution is 7.12. The van der Waals surface area contributed by atoms with Crippen LogP contribution in [-0.2, 0) is 32.2 Å². The molecular weight excluding hydrogens is 679 g/mol. The first-order valence-corrected chi connectivity index (χ1v) is 17.7. The first-order chi connectivity index (χ1) is 22.6. The number of aliphatic hydroxyl groups is 1. The van der Waals surface area contributed by atoms with Gasteiger partial charge in [0.25, 0.3) is 5.91 Å². The van der Waals surface area contributed by atoms with Gasteiger partial charge >= 0.3 is 12.2 Å². The summed E-state index contributed by atoms with van der Waals surface area (Å²) in [6.45, 7) is 11.6. The van der Waals surface area contributed by atoms with Crippen LogP contribution in [0.25, 0.3) is 5.57 Å². The van der Waals surface area contributed by atoms with Gasteiger partial charge in [-0.2, -0.15) is 0 Å². The van der Waals surface area contributed by atoms with Gasteiger partial charge in [-0.1, -0.05) is 35.3 Å². The van der Waals surface area contributed by atoms with E-state index in [1.807, 2.05) is 6.07 Å². The van der Waals surface area contributed by atoms with Gasteiger partial charge in [0.05, 0.1) is 46.8 Å². The number of halogens is 2. The summed E-state index contributed by atoms with van der Waals surface area (Å²) in [5, 5.41) is 10.6. The van der Waals surface area contributed by atoms with Crippen molar-refractivity contribution in [3.05, 3.63) is 55.5 Å². The lowest BCUT2D eigenvalue weighted by Crippen LogP contribution is -2.66. The summed E-state index contributed by atoms with van der Waals surface area (Å²) in [7, 11) is 0. The number of amides is 3. The van der Waals surface area contributed by atoms with Gasteiger partial charge in [0, 0.05) is 37.4 Å². The number of carbonyl (C=O) groups is 3. The molecule has 0 spiro atoms. The van der Waals surface area contributed by atoms with Gasteiger partial charge in [-0.05, 0) is 78.0 Å². The van der Waals surface area contributed by atoms with Crippen LogP contribution in [-0.4, -0.2) is 98.5 Å². The van der Waals surface area contributed by atoms with E-state index in [0.29, 0.717) is 26.2 Å². The van der Waals surface area contributed by atoms with E-state index in [0.717, 1.165) is 23.3 Å². The third kappa shape index (κ3) is 8.63. The van der Waals surface area contributed by atoms with Crippen LogP contribution in [0.2, 0.25) is 10.0 Å². The van der Waals surface area contributed by atoms with Crippen molar-refractivity contribution in [3.8, 4) is 0 Å². The Labute approximate surface area is 295 Å². The molecule has 2 atom stereocenters. The van der Waals surface area contributed by atoms with Gasteiger partial charge in [-0.25, -0.2) is 14.6 Å². The maximum atomic E-state index is 15.1. The summed E-state index contributed by atoms with van der Waals surface area (Å²) in [6, 6.07) is 4.01. The molecule has 1 N–H and O–H groups in total. The monoisotopic (exact) mass is 722 g/mol. The molecule has 1 saturated heterocycles. The zero-order valence-electron chi connectivity index (χ0n) is 28.3. The minimum absolute atomic E-state index is 0.0246.